The monoisotopic (exact) mass is 313 g/mol. The van der Waals surface area contributed by atoms with Crippen LogP contribution in [0.5, 0.6) is 0 Å². The second-order valence-corrected chi connectivity index (χ2v) is 5.73. The third-order valence-corrected chi connectivity index (χ3v) is 4.30. The van der Waals surface area contributed by atoms with Gasteiger partial charge in [-0.2, -0.15) is 0 Å². The minimum atomic E-state index is -0.643. The first-order chi connectivity index (χ1) is 11.8. The number of carbonyl (C=O) groups excluding carboxylic acids is 2. The summed E-state index contributed by atoms with van der Waals surface area (Å²) >= 11 is 0. The maximum Gasteiger partial charge on any atom is 0.259 e. The van der Waals surface area contributed by atoms with Crippen molar-refractivity contribution in [1.29, 1.82) is 0 Å². The largest absolute Gasteiger partial charge is 0.293 e. The average Bonchev–Trinajstić information content (AvgIpc) is 2.66. The first-order valence-electron chi connectivity index (χ1n) is 7.84. The number of anilines is 1. The van der Waals surface area contributed by atoms with E-state index in [1.165, 1.54) is 0 Å². The zero-order chi connectivity index (χ0) is 16.5. The van der Waals surface area contributed by atoms with Crippen molar-refractivity contribution in [2.45, 2.75) is 6.04 Å². The van der Waals surface area contributed by atoms with Gasteiger partial charge in [0.15, 0.2) is 5.78 Å². The lowest BCUT2D eigenvalue weighted by molar-refractivity contribution is 0.0868. The van der Waals surface area contributed by atoms with E-state index in [0.717, 1.165) is 11.3 Å². The van der Waals surface area contributed by atoms with E-state index in [-0.39, 0.29) is 11.7 Å². The highest BCUT2D eigenvalue weighted by Gasteiger charge is 2.40. The summed E-state index contributed by atoms with van der Waals surface area (Å²) in [6.07, 6.45) is 0. The highest BCUT2D eigenvalue weighted by atomic mass is 16.2. The van der Waals surface area contributed by atoms with E-state index in [4.69, 9.17) is 0 Å². The molecule has 3 heteroatoms. The van der Waals surface area contributed by atoms with E-state index in [1.807, 2.05) is 60.7 Å². The van der Waals surface area contributed by atoms with Gasteiger partial charge in [0.25, 0.3) is 5.91 Å². The molecule has 0 radical (unpaired) electrons. The Morgan fingerprint density at radius 2 is 1.17 bits per heavy atom. The van der Waals surface area contributed by atoms with Crippen LogP contribution >= 0.6 is 0 Å². The number of benzene rings is 3. The molecule has 116 valence electrons. The number of fused-ring (bicyclic) bond motifs is 1. The Kier molecular flexibility index (Phi) is 3.47. The van der Waals surface area contributed by atoms with E-state index in [2.05, 4.69) is 0 Å². The summed E-state index contributed by atoms with van der Waals surface area (Å²) in [5.74, 6) is -0.203. The summed E-state index contributed by atoms with van der Waals surface area (Å²) in [5, 5.41) is 0. The Balaban J connectivity index is 1.94. The van der Waals surface area contributed by atoms with Crippen molar-refractivity contribution in [2.75, 3.05) is 4.90 Å². The van der Waals surface area contributed by atoms with Gasteiger partial charge in [-0.25, -0.2) is 0 Å². The highest BCUT2D eigenvalue weighted by Crippen LogP contribution is 2.36. The molecular weight excluding hydrogens is 298 g/mol. The lowest BCUT2D eigenvalue weighted by Crippen LogP contribution is -2.44. The summed E-state index contributed by atoms with van der Waals surface area (Å²) in [6.45, 7) is 0. The summed E-state index contributed by atoms with van der Waals surface area (Å²) in [6, 6.07) is 25.2. The van der Waals surface area contributed by atoms with Gasteiger partial charge in [0.05, 0.1) is 5.56 Å². The van der Waals surface area contributed by atoms with Crippen LogP contribution in [0.4, 0.5) is 5.69 Å². The molecule has 0 aliphatic carbocycles. The smallest absolute Gasteiger partial charge is 0.259 e. The Hall–Kier alpha value is -3.20. The third kappa shape index (κ3) is 2.22. The SMILES string of the molecule is O=C1c2ccccc2C(=O)N(c2ccccc2)C1c1ccccc1. The fourth-order valence-corrected chi connectivity index (χ4v) is 3.19. The number of rotatable bonds is 2. The molecule has 3 aromatic rings. The molecule has 1 aliphatic rings. The quantitative estimate of drug-likeness (QED) is 0.708. The number of amides is 1. The molecule has 0 N–H and O–H groups in total. The number of Topliss-reactive ketones (excluding diaryl/α,β-unsaturated/α-hetero) is 1. The van der Waals surface area contributed by atoms with Gasteiger partial charge in [0, 0.05) is 11.3 Å². The second-order valence-electron chi connectivity index (χ2n) is 5.73. The second kappa shape index (κ2) is 5.78. The van der Waals surface area contributed by atoms with Gasteiger partial charge in [-0.1, -0.05) is 66.7 Å². The lowest BCUT2D eigenvalue weighted by atomic mass is 9.87. The molecule has 0 spiro atoms. The minimum absolute atomic E-state index is 0.0553. The van der Waals surface area contributed by atoms with Crippen LogP contribution in [0.1, 0.15) is 32.3 Å². The molecule has 1 unspecified atom stereocenters. The van der Waals surface area contributed by atoms with E-state index < -0.39 is 6.04 Å². The van der Waals surface area contributed by atoms with E-state index >= 15 is 0 Å². The van der Waals surface area contributed by atoms with Crippen molar-refractivity contribution in [3.63, 3.8) is 0 Å². The predicted molar refractivity (Wildman–Crippen MR) is 93.2 cm³/mol. The Labute approximate surface area is 140 Å². The van der Waals surface area contributed by atoms with Crippen LogP contribution < -0.4 is 4.90 Å². The fourth-order valence-electron chi connectivity index (χ4n) is 3.19. The molecule has 0 saturated carbocycles. The van der Waals surface area contributed by atoms with Crippen LogP contribution in [0.3, 0.4) is 0 Å². The van der Waals surface area contributed by atoms with Gasteiger partial charge in [-0.15, -0.1) is 0 Å². The average molecular weight is 313 g/mol. The molecule has 0 bridgehead atoms. The topological polar surface area (TPSA) is 37.4 Å². The maximum atomic E-state index is 13.2. The number of carbonyl (C=O) groups is 2. The summed E-state index contributed by atoms with van der Waals surface area (Å²) in [4.78, 5) is 27.9. The van der Waals surface area contributed by atoms with Crippen molar-refractivity contribution in [3.05, 3.63) is 102 Å². The number of para-hydroxylation sites is 1. The highest BCUT2D eigenvalue weighted by molar-refractivity contribution is 6.22. The lowest BCUT2D eigenvalue weighted by Gasteiger charge is -2.35. The summed E-state index contributed by atoms with van der Waals surface area (Å²) < 4.78 is 0. The number of ketones is 1. The standard InChI is InChI=1S/C21H15NO2/c23-20-17-13-7-8-14-18(17)21(24)22(16-11-5-2-6-12-16)19(20)15-9-3-1-4-10-15/h1-14,19H. The van der Waals surface area contributed by atoms with Gasteiger partial charge in [0.1, 0.15) is 6.04 Å². The van der Waals surface area contributed by atoms with Crippen LogP contribution in [-0.2, 0) is 0 Å². The Morgan fingerprint density at radius 1 is 0.625 bits per heavy atom. The zero-order valence-electron chi connectivity index (χ0n) is 12.9. The van der Waals surface area contributed by atoms with E-state index in [0.29, 0.717) is 11.1 Å². The van der Waals surface area contributed by atoms with E-state index in [9.17, 15) is 9.59 Å². The summed E-state index contributed by atoms with van der Waals surface area (Å²) in [5.41, 5.74) is 2.48. The molecule has 0 aromatic heterocycles. The molecule has 1 atom stereocenters. The van der Waals surface area contributed by atoms with Crippen LogP contribution in [0.2, 0.25) is 0 Å². The predicted octanol–water partition coefficient (Wildman–Crippen LogP) is 4.27. The zero-order valence-corrected chi connectivity index (χ0v) is 12.9. The summed E-state index contributed by atoms with van der Waals surface area (Å²) in [7, 11) is 0. The molecule has 24 heavy (non-hydrogen) atoms. The molecule has 3 nitrogen and oxygen atoms in total. The molecule has 0 fully saturated rings. The molecule has 3 aromatic carbocycles. The maximum absolute atomic E-state index is 13.2. The molecule has 1 heterocycles. The van der Waals surface area contributed by atoms with Crippen molar-refractivity contribution in [2.24, 2.45) is 0 Å². The number of hydrogen-bond acceptors (Lipinski definition) is 2. The minimum Gasteiger partial charge on any atom is -0.293 e. The van der Waals surface area contributed by atoms with Gasteiger partial charge >= 0.3 is 0 Å². The van der Waals surface area contributed by atoms with Crippen molar-refractivity contribution in [1.82, 2.24) is 0 Å². The van der Waals surface area contributed by atoms with Crippen LogP contribution in [-0.4, -0.2) is 11.7 Å². The normalized spacial score (nSPS) is 16.8. The van der Waals surface area contributed by atoms with Gasteiger partial charge < -0.3 is 0 Å². The first-order valence-corrected chi connectivity index (χ1v) is 7.84. The first kappa shape index (κ1) is 14.4. The Bertz CT molecular complexity index is 827. The molecule has 1 amide bonds. The third-order valence-electron chi connectivity index (χ3n) is 4.30. The molecule has 4 rings (SSSR count). The molecule has 0 saturated heterocycles. The fraction of sp³-hybridized carbons (Fsp3) is 0.0476. The van der Waals surface area contributed by atoms with Gasteiger partial charge in [-0.3, -0.25) is 14.5 Å². The van der Waals surface area contributed by atoms with Crippen LogP contribution in [0, 0.1) is 0 Å². The van der Waals surface area contributed by atoms with Crippen molar-refractivity contribution >= 4 is 17.4 Å². The van der Waals surface area contributed by atoms with Crippen LogP contribution in [0.25, 0.3) is 0 Å². The van der Waals surface area contributed by atoms with Crippen molar-refractivity contribution in [3.8, 4) is 0 Å². The van der Waals surface area contributed by atoms with Gasteiger partial charge in [-0.05, 0) is 23.8 Å². The molecular formula is C21H15NO2. The molecule has 1 aliphatic heterocycles. The number of hydrogen-bond donors (Lipinski definition) is 0. The van der Waals surface area contributed by atoms with E-state index in [1.54, 1.807) is 29.2 Å². The van der Waals surface area contributed by atoms with Gasteiger partial charge in [0.2, 0.25) is 0 Å². The Morgan fingerprint density at radius 3 is 1.83 bits per heavy atom. The number of nitrogens with zero attached hydrogens (tertiary/aromatic N) is 1. The van der Waals surface area contributed by atoms with Crippen molar-refractivity contribution < 1.29 is 9.59 Å². The van der Waals surface area contributed by atoms with Crippen LogP contribution in [0.15, 0.2) is 84.9 Å².